The van der Waals surface area contributed by atoms with Crippen molar-refractivity contribution in [3.8, 4) is 0 Å². The van der Waals surface area contributed by atoms with Gasteiger partial charge in [0.2, 0.25) is 0 Å². The van der Waals surface area contributed by atoms with Crippen LogP contribution >= 0.6 is 0 Å². The number of carbonyl (C=O) groups excluding carboxylic acids is 1. The van der Waals surface area contributed by atoms with E-state index in [4.69, 9.17) is 5.11 Å². The van der Waals surface area contributed by atoms with Crippen molar-refractivity contribution in [2.45, 2.75) is 20.3 Å². The minimum absolute atomic E-state index is 0.0228. The number of aliphatic carboxylic acids is 1. The third-order valence-electron chi connectivity index (χ3n) is 2.69. The molecular weight excluding hydrogens is 256 g/mol. The van der Waals surface area contributed by atoms with Crippen LogP contribution in [0.25, 0.3) is 0 Å². The average Bonchev–Trinajstić information content (AvgIpc) is 2.37. The summed E-state index contributed by atoms with van der Waals surface area (Å²) in [4.78, 5) is 24.2. The zero-order chi connectivity index (χ0) is 15.1. The Kier molecular flexibility index (Phi) is 5.77. The number of benzene rings is 1. The molecular formula is C15H20N2O3. The largest absolute Gasteiger partial charge is 0.481 e. The van der Waals surface area contributed by atoms with Crippen LogP contribution < -0.4 is 5.32 Å². The van der Waals surface area contributed by atoms with Crippen LogP contribution in [0.4, 0.5) is 10.5 Å². The van der Waals surface area contributed by atoms with Crippen LogP contribution in [0.5, 0.6) is 0 Å². The second-order valence-corrected chi connectivity index (χ2v) is 4.67. The molecule has 5 heteroatoms. The summed E-state index contributed by atoms with van der Waals surface area (Å²) in [5.41, 5.74) is 2.26. The first-order valence-electron chi connectivity index (χ1n) is 6.43. The Hall–Kier alpha value is -2.30. The first-order chi connectivity index (χ1) is 9.42. The highest BCUT2D eigenvalue weighted by Crippen LogP contribution is 2.11. The normalized spacial score (nSPS) is 9.90. The molecule has 108 valence electrons. The number of anilines is 1. The molecule has 1 aromatic carbocycles. The number of carboxylic acids is 1. The summed E-state index contributed by atoms with van der Waals surface area (Å²) in [6, 6.07) is 6.59. The Labute approximate surface area is 118 Å². The first-order valence-corrected chi connectivity index (χ1v) is 6.43. The molecule has 0 atom stereocenters. The zero-order valence-corrected chi connectivity index (χ0v) is 11.8. The molecule has 20 heavy (non-hydrogen) atoms. The van der Waals surface area contributed by atoms with E-state index < -0.39 is 5.97 Å². The Morgan fingerprint density at radius 1 is 1.30 bits per heavy atom. The molecule has 0 aromatic heterocycles. The van der Waals surface area contributed by atoms with Gasteiger partial charge in [0.25, 0.3) is 0 Å². The van der Waals surface area contributed by atoms with Crippen molar-refractivity contribution in [2.75, 3.05) is 18.4 Å². The fourth-order valence-corrected chi connectivity index (χ4v) is 1.74. The highest BCUT2D eigenvalue weighted by Gasteiger charge is 2.11. The monoisotopic (exact) mass is 276 g/mol. The molecule has 0 spiro atoms. The molecule has 0 radical (unpaired) electrons. The molecule has 0 unspecified atom stereocenters. The highest BCUT2D eigenvalue weighted by molar-refractivity contribution is 5.89. The van der Waals surface area contributed by atoms with Gasteiger partial charge in [0, 0.05) is 18.8 Å². The molecule has 0 aliphatic rings. The Morgan fingerprint density at radius 3 is 2.35 bits per heavy atom. The van der Waals surface area contributed by atoms with E-state index >= 15 is 0 Å². The van der Waals surface area contributed by atoms with Gasteiger partial charge in [-0.3, -0.25) is 4.79 Å². The van der Waals surface area contributed by atoms with Crippen molar-refractivity contribution < 1.29 is 14.7 Å². The van der Waals surface area contributed by atoms with Gasteiger partial charge < -0.3 is 15.3 Å². The summed E-state index contributed by atoms with van der Waals surface area (Å²) < 4.78 is 0. The number of nitrogens with zero attached hydrogens (tertiary/aromatic N) is 1. The molecule has 1 aromatic rings. The standard InChI is InChI=1S/C15H20N2O3/c1-4-17(10-11(2)3)15(20)16-13-7-5-12(6-8-13)9-14(18)19/h5-8H,2,4,9-10H2,1,3H3,(H,16,20)(H,18,19). The number of hydrogen-bond donors (Lipinski definition) is 2. The summed E-state index contributed by atoms with van der Waals surface area (Å²) in [5, 5.41) is 11.5. The maximum Gasteiger partial charge on any atom is 0.322 e. The van der Waals surface area contributed by atoms with Gasteiger partial charge in [-0.1, -0.05) is 24.3 Å². The molecule has 1 rings (SSSR count). The molecule has 0 saturated carbocycles. The average molecular weight is 276 g/mol. The van der Waals surface area contributed by atoms with Gasteiger partial charge in [0.05, 0.1) is 6.42 Å². The molecule has 0 aliphatic carbocycles. The topological polar surface area (TPSA) is 69.6 Å². The number of carboxylic acid groups (broad SMARTS) is 1. The second-order valence-electron chi connectivity index (χ2n) is 4.67. The van der Waals surface area contributed by atoms with E-state index in [1.807, 2.05) is 13.8 Å². The van der Waals surface area contributed by atoms with E-state index in [0.717, 1.165) is 5.57 Å². The lowest BCUT2D eigenvalue weighted by molar-refractivity contribution is -0.136. The van der Waals surface area contributed by atoms with Crippen LogP contribution in [0.3, 0.4) is 0 Å². The number of carbonyl (C=O) groups is 2. The predicted octanol–water partition coefficient (Wildman–Crippen LogP) is 2.74. The molecule has 0 saturated heterocycles. The fourth-order valence-electron chi connectivity index (χ4n) is 1.74. The lowest BCUT2D eigenvalue weighted by Crippen LogP contribution is -2.35. The minimum atomic E-state index is -0.875. The van der Waals surface area contributed by atoms with Gasteiger partial charge in [0.15, 0.2) is 0 Å². The highest BCUT2D eigenvalue weighted by atomic mass is 16.4. The minimum Gasteiger partial charge on any atom is -0.481 e. The van der Waals surface area contributed by atoms with Crippen LogP contribution in [0.1, 0.15) is 19.4 Å². The van der Waals surface area contributed by atoms with E-state index in [1.165, 1.54) is 0 Å². The molecule has 0 fully saturated rings. The van der Waals surface area contributed by atoms with E-state index in [9.17, 15) is 9.59 Å². The number of rotatable bonds is 6. The number of hydrogen-bond acceptors (Lipinski definition) is 2. The van der Waals surface area contributed by atoms with E-state index in [1.54, 1.807) is 29.2 Å². The van der Waals surface area contributed by atoms with Gasteiger partial charge >= 0.3 is 12.0 Å². The number of urea groups is 1. The molecule has 2 amide bonds. The predicted molar refractivity (Wildman–Crippen MR) is 78.9 cm³/mol. The number of nitrogens with one attached hydrogen (secondary N) is 1. The van der Waals surface area contributed by atoms with Crippen LogP contribution in [-0.4, -0.2) is 35.1 Å². The van der Waals surface area contributed by atoms with Gasteiger partial charge in [-0.15, -0.1) is 0 Å². The van der Waals surface area contributed by atoms with Gasteiger partial charge in [0.1, 0.15) is 0 Å². The van der Waals surface area contributed by atoms with Crippen LogP contribution in [0, 0.1) is 0 Å². The summed E-state index contributed by atoms with van der Waals surface area (Å²) in [5.74, 6) is -0.875. The second kappa shape index (κ2) is 7.33. The first kappa shape index (κ1) is 15.8. The lowest BCUT2D eigenvalue weighted by Gasteiger charge is -2.21. The van der Waals surface area contributed by atoms with Gasteiger partial charge in [-0.05, 0) is 31.5 Å². The zero-order valence-electron chi connectivity index (χ0n) is 11.8. The van der Waals surface area contributed by atoms with Crippen molar-refractivity contribution in [3.63, 3.8) is 0 Å². The third-order valence-corrected chi connectivity index (χ3v) is 2.69. The SMILES string of the molecule is C=C(C)CN(CC)C(=O)Nc1ccc(CC(=O)O)cc1. The number of amides is 2. The molecule has 0 bridgehead atoms. The smallest absolute Gasteiger partial charge is 0.322 e. The molecule has 0 heterocycles. The van der Waals surface area contributed by atoms with Crippen LogP contribution in [-0.2, 0) is 11.2 Å². The maximum atomic E-state index is 12.0. The van der Waals surface area contributed by atoms with Crippen molar-refractivity contribution in [3.05, 3.63) is 42.0 Å². The van der Waals surface area contributed by atoms with Gasteiger partial charge in [-0.25, -0.2) is 4.79 Å². The number of likely N-dealkylation sites (N-methyl/N-ethyl adjacent to an activating group) is 1. The van der Waals surface area contributed by atoms with Crippen molar-refractivity contribution >= 4 is 17.7 Å². The quantitative estimate of drug-likeness (QED) is 0.785. The summed E-state index contributed by atoms with van der Waals surface area (Å²) in [7, 11) is 0. The van der Waals surface area contributed by atoms with Crippen molar-refractivity contribution in [1.82, 2.24) is 4.90 Å². The Morgan fingerprint density at radius 2 is 1.90 bits per heavy atom. The third kappa shape index (κ3) is 5.14. The van der Waals surface area contributed by atoms with Crippen molar-refractivity contribution in [2.24, 2.45) is 0 Å². The summed E-state index contributed by atoms with van der Waals surface area (Å²) in [6.07, 6.45) is -0.0228. The molecule has 5 nitrogen and oxygen atoms in total. The van der Waals surface area contributed by atoms with Crippen molar-refractivity contribution in [1.29, 1.82) is 0 Å². The molecule has 0 aliphatic heterocycles. The maximum absolute atomic E-state index is 12.0. The summed E-state index contributed by atoms with van der Waals surface area (Å²) >= 11 is 0. The Bertz CT molecular complexity index is 494. The Balaban J connectivity index is 2.65. The van der Waals surface area contributed by atoms with E-state index in [2.05, 4.69) is 11.9 Å². The van der Waals surface area contributed by atoms with Crippen LogP contribution in [0.2, 0.25) is 0 Å². The lowest BCUT2D eigenvalue weighted by atomic mass is 10.1. The summed E-state index contributed by atoms with van der Waals surface area (Å²) in [6.45, 7) is 8.67. The van der Waals surface area contributed by atoms with Gasteiger partial charge in [-0.2, -0.15) is 0 Å². The fraction of sp³-hybridized carbons (Fsp3) is 0.333. The molecule has 2 N–H and O–H groups in total. The van der Waals surface area contributed by atoms with Crippen LogP contribution in [0.15, 0.2) is 36.4 Å². The van der Waals surface area contributed by atoms with E-state index in [-0.39, 0.29) is 12.5 Å². The van der Waals surface area contributed by atoms with E-state index in [0.29, 0.717) is 24.3 Å².